The molecule has 2 N–H and O–H groups in total. The second kappa shape index (κ2) is 3.03. The number of carboxylic acid groups (broad SMARTS) is 1. The summed E-state index contributed by atoms with van der Waals surface area (Å²) in [6, 6.07) is 7.38. The number of benzene rings is 1. The third-order valence-corrected chi connectivity index (χ3v) is 2.46. The molecule has 1 atom stereocenters. The zero-order valence-electron chi connectivity index (χ0n) is 7.20. The van der Waals surface area contributed by atoms with Gasteiger partial charge in [-0.15, -0.1) is 0 Å². The van der Waals surface area contributed by atoms with Crippen molar-refractivity contribution < 1.29 is 9.90 Å². The molecule has 1 aromatic carbocycles. The Kier molecular flexibility index (Phi) is 1.97. The number of aliphatic carboxylic acids is 1. The predicted molar refractivity (Wildman–Crippen MR) is 55.3 cm³/mol. The third-order valence-electron chi connectivity index (χ3n) is 2.08. The lowest BCUT2D eigenvalue weighted by atomic mass is 10.1. The van der Waals surface area contributed by atoms with Crippen LogP contribution >= 0.6 is 11.6 Å². The van der Waals surface area contributed by atoms with Gasteiger partial charge in [-0.25, -0.2) is 4.79 Å². The van der Waals surface area contributed by atoms with E-state index in [1.54, 1.807) is 12.1 Å². The Labute approximate surface area is 86.0 Å². The summed E-state index contributed by atoms with van der Waals surface area (Å²) in [6.45, 7) is 0. The number of fused-ring (bicyclic) bond motifs is 1. The molecular weight excluding hydrogens is 202 g/mol. The maximum atomic E-state index is 10.8. The molecule has 72 valence electrons. The van der Waals surface area contributed by atoms with Crippen LogP contribution in [0.25, 0.3) is 6.08 Å². The standard InChI is InChI=1S/C10H8ClNO2/c11-10(9(13)14)6-5-7-3-1-2-4-8(7)12-10/h1-6,12H,(H,13,14). The molecule has 3 nitrogen and oxygen atoms in total. The summed E-state index contributed by atoms with van der Waals surface area (Å²) < 4.78 is 0. The van der Waals surface area contributed by atoms with Gasteiger partial charge in [0.1, 0.15) is 0 Å². The number of para-hydroxylation sites is 1. The Hall–Kier alpha value is -1.48. The van der Waals surface area contributed by atoms with E-state index in [4.69, 9.17) is 16.7 Å². The van der Waals surface area contributed by atoms with Gasteiger partial charge in [0, 0.05) is 5.69 Å². The average molecular weight is 210 g/mol. The van der Waals surface area contributed by atoms with Gasteiger partial charge >= 0.3 is 5.97 Å². The second-order valence-electron chi connectivity index (χ2n) is 3.06. The van der Waals surface area contributed by atoms with Crippen LogP contribution in [0.15, 0.2) is 30.3 Å². The molecule has 1 aliphatic rings. The molecule has 0 aromatic heterocycles. The van der Waals surface area contributed by atoms with Crippen molar-refractivity contribution in [3.8, 4) is 0 Å². The van der Waals surface area contributed by atoms with Gasteiger partial charge in [0.2, 0.25) is 5.00 Å². The van der Waals surface area contributed by atoms with Crippen LogP contribution in [0.3, 0.4) is 0 Å². The molecule has 1 unspecified atom stereocenters. The van der Waals surface area contributed by atoms with Crippen LogP contribution in [0.4, 0.5) is 5.69 Å². The normalized spacial score (nSPS) is 23.8. The van der Waals surface area contributed by atoms with Gasteiger partial charge in [0.15, 0.2) is 0 Å². The van der Waals surface area contributed by atoms with Crippen LogP contribution in [-0.4, -0.2) is 16.1 Å². The fraction of sp³-hybridized carbons (Fsp3) is 0.100. The topological polar surface area (TPSA) is 49.3 Å². The van der Waals surface area contributed by atoms with Gasteiger partial charge in [0.25, 0.3) is 0 Å². The van der Waals surface area contributed by atoms with E-state index < -0.39 is 11.0 Å². The van der Waals surface area contributed by atoms with Crippen molar-refractivity contribution in [2.75, 3.05) is 5.32 Å². The summed E-state index contributed by atoms with van der Waals surface area (Å²) in [6.07, 6.45) is 3.13. The highest BCUT2D eigenvalue weighted by molar-refractivity contribution is 6.37. The fourth-order valence-electron chi connectivity index (χ4n) is 1.32. The maximum Gasteiger partial charge on any atom is 0.349 e. The van der Waals surface area contributed by atoms with Gasteiger partial charge in [-0.05, 0) is 17.7 Å². The van der Waals surface area contributed by atoms with Crippen LogP contribution in [0, 0.1) is 0 Å². The van der Waals surface area contributed by atoms with Gasteiger partial charge in [-0.2, -0.15) is 0 Å². The number of hydrogen-bond acceptors (Lipinski definition) is 2. The molecule has 0 bridgehead atoms. The number of anilines is 1. The lowest BCUT2D eigenvalue weighted by Gasteiger charge is -2.26. The van der Waals surface area contributed by atoms with Crippen molar-refractivity contribution >= 4 is 29.3 Å². The molecule has 0 aliphatic carbocycles. The van der Waals surface area contributed by atoms with Crippen LogP contribution in [0.2, 0.25) is 0 Å². The number of halogens is 1. The van der Waals surface area contributed by atoms with Crippen molar-refractivity contribution in [2.24, 2.45) is 0 Å². The first-order valence-corrected chi connectivity index (χ1v) is 4.48. The Bertz CT molecular complexity index is 416. The summed E-state index contributed by atoms with van der Waals surface area (Å²) in [4.78, 5) is 9.32. The molecule has 0 amide bonds. The Morgan fingerprint density at radius 2 is 2.14 bits per heavy atom. The molecule has 0 spiro atoms. The molecule has 2 rings (SSSR count). The highest BCUT2D eigenvalue weighted by Crippen LogP contribution is 2.30. The van der Waals surface area contributed by atoms with Crippen LogP contribution in [0.1, 0.15) is 5.56 Å². The molecule has 1 aliphatic heterocycles. The molecular formula is C10H8ClNO2. The molecule has 1 heterocycles. The number of rotatable bonds is 1. The minimum absolute atomic E-state index is 0.729. The van der Waals surface area contributed by atoms with Crippen molar-refractivity contribution in [3.05, 3.63) is 35.9 Å². The van der Waals surface area contributed by atoms with Gasteiger partial charge in [0.05, 0.1) is 0 Å². The fourth-order valence-corrected chi connectivity index (χ4v) is 1.49. The summed E-state index contributed by atoms with van der Waals surface area (Å²) in [7, 11) is 0. The second-order valence-corrected chi connectivity index (χ2v) is 3.66. The first-order valence-electron chi connectivity index (χ1n) is 4.10. The van der Waals surface area contributed by atoms with E-state index in [1.165, 1.54) is 6.08 Å². The van der Waals surface area contributed by atoms with Crippen molar-refractivity contribution in [3.63, 3.8) is 0 Å². The monoisotopic (exact) mass is 209 g/mol. The maximum absolute atomic E-state index is 10.8. The van der Waals surface area contributed by atoms with Crippen LogP contribution < -0.4 is 5.32 Å². The van der Waals surface area contributed by atoms with Crippen molar-refractivity contribution in [1.82, 2.24) is 0 Å². The molecule has 0 fully saturated rings. The van der Waals surface area contributed by atoms with Crippen LogP contribution in [-0.2, 0) is 4.79 Å². The largest absolute Gasteiger partial charge is 0.478 e. The van der Waals surface area contributed by atoms with Crippen molar-refractivity contribution in [1.29, 1.82) is 0 Å². The van der Waals surface area contributed by atoms with E-state index in [1.807, 2.05) is 18.2 Å². The molecule has 0 saturated heterocycles. The SMILES string of the molecule is O=C(O)C1(Cl)C=Cc2ccccc2N1. The lowest BCUT2D eigenvalue weighted by Crippen LogP contribution is -2.40. The number of nitrogens with one attached hydrogen (secondary N) is 1. The minimum Gasteiger partial charge on any atom is -0.478 e. The zero-order chi connectivity index (χ0) is 10.2. The summed E-state index contributed by atoms with van der Waals surface area (Å²) in [5, 5.41) is 11.6. The smallest absolute Gasteiger partial charge is 0.349 e. The van der Waals surface area contributed by atoms with Gasteiger partial charge < -0.3 is 10.4 Å². The zero-order valence-corrected chi connectivity index (χ0v) is 7.95. The molecule has 1 aromatic rings. The first-order chi connectivity index (χ1) is 6.62. The summed E-state index contributed by atoms with van der Waals surface area (Å²) >= 11 is 5.84. The highest BCUT2D eigenvalue weighted by atomic mass is 35.5. The van der Waals surface area contributed by atoms with E-state index >= 15 is 0 Å². The summed E-state index contributed by atoms with van der Waals surface area (Å²) in [5.74, 6) is -1.11. The quantitative estimate of drug-likeness (QED) is 0.550. The minimum atomic E-state index is -1.52. The lowest BCUT2D eigenvalue weighted by molar-refractivity contribution is -0.138. The Morgan fingerprint density at radius 3 is 2.86 bits per heavy atom. The molecule has 0 saturated carbocycles. The molecule has 0 radical (unpaired) electrons. The first kappa shape index (κ1) is 9.09. The van der Waals surface area contributed by atoms with Gasteiger partial charge in [-0.3, -0.25) is 0 Å². The van der Waals surface area contributed by atoms with Crippen LogP contribution in [0.5, 0.6) is 0 Å². The predicted octanol–water partition coefficient (Wildman–Crippen LogP) is 2.15. The third kappa shape index (κ3) is 1.36. The van der Waals surface area contributed by atoms with Gasteiger partial charge in [-0.1, -0.05) is 35.9 Å². The average Bonchev–Trinajstić information content (AvgIpc) is 2.17. The Morgan fingerprint density at radius 1 is 1.43 bits per heavy atom. The van der Waals surface area contributed by atoms with E-state index in [0.29, 0.717) is 0 Å². The highest BCUT2D eigenvalue weighted by Gasteiger charge is 2.35. The summed E-state index contributed by atoms with van der Waals surface area (Å²) in [5.41, 5.74) is 1.66. The molecule has 14 heavy (non-hydrogen) atoms. The van der Waals surface area contributed by atoms with E-state index in [2.05, 4.69) is 5.32 Å². The van der Waals surface area contributed by atoms with E-state index in [0.717, 1.165) is 11.3 Å². The van der Waals surface area contributed by atoms with E-state index in [9.17, 15) is 4.79 Å². The number of alkyl halides is 1. The number of carboxylic acids is 1. The van der Waals surface area contributed by atoms with Crippen molar-refractivity contribution in [2.45, 2.75) is 5.00 Å². The number of hydrogen-bond donors (Lipinski definition) is 2. The molecule has 4 heteroatoms. The number of carbonyl (C=O) groups is 1. The van der Waals surface area contributed by atoms with E-state index in [-0.39, 0.29) is 0 Å². The Balaban J connectivity index is 2.43.